The van der Waals surface area contributed by atoms with E-state index in [1.165, 1.54) is 16.8 Å². The Balaban J connectivity index is 2.61. The fourth-order valence-electron chi connectivity index (χ4n) is 1.99. The second kappa shape index (κ2) is 5.01. The summed E-state index contributed by atoms with van der Waals surface area (Å²) in [5.74, 6) is -1.45. The van der Waals surface area contributed by atoms with Gasteiger partial charge in [0.05, 0.1) is 17.1 Å². The lowest BCUT2D eigenvalue weighted by atomic mass is 10.1. The minimum Gasteiger partial charge on any atom is -0.481 e. The molecule has 0 unspecified atom stereocenters. The first-order valence-electron chi connectivity index (χ1n) is 5.63. The second-order valence-corrected chi connectivity index (χ2v) is 4.61. The van der Waals surface area contributed by atoms with Crippen molar-refractivity contribution >= 4 is 17.6 Å². The average molecular weight is 283 g/mol. The molecule has 1 heterocycles. The molecule has 0 atom stereocenters. The number of rotatable bonds is 3. The molecule has 0 saturated heterocycles. The lowest BCUT2D eigenvalue weighted by Gasteiger charge is -2.08. The first-order chi connectivity index (χ1) is 8.91. The number of aryl methyl sites for hydroxylation is 1. The highest BCUT2D eigenvalue weighted by Crippen LogP contribution is 2.26. The van der Waals surface area contributed by atoms with E-state index < -0.39 is 11.8 Å². The fourth-order valence-corrected chi connectivity index (χ4v) is 2.23. The van der Waals surface area contributed by atoms with Gasteiger partial charge in [-0.15, -0.1) is 0 Å². The number of carboxylic acids is 1. The molecule has 6 heteroatoms. The van der Waals surface area contributed by atoms with Gasteiger partial charge in [-0.05, 0) is 26.0 Å². The molecule has 0 aliphatic carbocycles. The van der Waals surface area contributed by atoms with Crippen molar-refractivity contribution in [1.82, 2.24) is 9.78 Å². The van der Waals surface area contributed by atoms with Crippen molar-refractivity contribution in [3.05, 3.63) is 46.0 Å². The maximum atomic E-state index is 13.9. The smallest absolute Gasteiger partial charge is 0.307 e. The molecule has 19 heavy (non-hydrogen) atoms. The van der Waals surface area contributed by atoms with Gasteiger partial charge in [0, 0.05) is 11.3 Å². The summed E-state index contributed by atoms with van der Waals surface area (Å²) >= 11 is 5.99. The Bertz CT molecular complexity index is 632. The normalized spacial score (nSPS) is 10.7. The van der Waals surface area contributed by atoms with E-state index in [4.69, 9.17) is 16.7 Å². The SMILES string of the molecule is Cc1nn(-c2c(F)cccc2Cl)c(C)c1CC(=O)O. The topological polar surface area (TPSA) is 55.1 Å². The van der Waals surface area contributed by atoms with Crippen LogP contribution in [0.5, 0.6) is 0 Å². The Morgan fingerprint density at radius 1 is 1.47 bits per heavy atom. The van der Waals surface area contributed by atoms with Gasteiger partial charge in [0.1, 0.15) is 11.5 Å². The second-order valence-electron chi connectivity index (χ2n) is 4.20. The molecule has 0 saturated carbocycles. The lowest BCUT2D eigenvalue weighted by Crippen LogP contribution is -2.05. The van der Waals surface area contributed by atoms with Gasteiger partial charge < -0.3 is 5.11 Å². The summed E-state index contributed by atoms with van der Waals surface area (Å²) in [6.07, 6.45) is -0.149. The predicted octanol–water partition coefficient (Wildman–Crippen LogP) is 2.91. The third-order valence-electron chi connectivity index (χ3n) is 2.92. The number of hydrogen-bond donors (Lipinski definition) is 1. The maximum absolute atomic E-state index is 13.9. The van der Waals surface area contributed by atoms with E-state index in [1.807, 2.05) is 0 Å². The molecular weight excluding hydrogens is 271 g/mol. The molecule has 4 nitrogen and oxygen atoms in total. The zero-order valence-electron chi connectivity index (χ0n) is 10.4. The highest BCUT2D eigenvalue weighted by atomic mass is 35.5. The minimum absolute atomic E-state index is 0.140. The number of halogens is 2. The summed E-state index contributed by atoms with van der Waals surface area (Å²) in [4.78, 5) is 10.8. The van der Waals surface area contributed by atoms with Crippen LogP contribution in [0.25, 0.3) is 5.69 Å². The molecule has 0 radical (unpaired) electrons. The highest BCUT2D eigenvalue weighted by Gasteiger charge is 2.18. The van der Waals surface area contributed by atoms with E-state index in [1.54, 1.807) is 19.9 Å². The van der Waals surface area contributed by atoms with Gasteiger partial charge in [0.25, 0.3) is 0 Å². The number of benzene rings is 1. The van der Waals surface area contributed by atoms with Crippen molar-refractivity contribution in [2.75, 3.05) is 0 Å². The average Bonchev–Trinajstić information content (AvgIpc) is 2.57. The van der Waals surface area contributed by atoms with E-state index in [0.717, 1.165) is 0 Å². The first-order valence-corrected chi connectivity index (χ1v) is 6.01. The van der Waals surface area contributed by atoms with Gasteiger partial charge in [0.2, 0.25) is 0 Å². The molecule has 0 amide bonds. The summed E-state index contributed by atoms with van der Waals surface area (Å²) in [5.41, 5.74) is 1.85. The number of nitrogens with zero attached hydrogens (tertiary/aromatic N) is 2. The molecule has 0 fully saturated rings. The van der Waals surface area contributed by atoms with Crippen LogP contribution in [0.15, 0.2) is 18.2 Å². The standard InChI is InChI=1S/C13H12ClFN2O2/c1-7-9(6-12(18)19)8(2)17(16-7)13-10(14)4-3-5-11(13)15/h3-5H,6H2,1-2H3,(H,18,19). The molecule has 0 aliphatic heterocycles. The summed E-state index contributed by atoms with van der Waals surface area (Å²) in [6, 6.07) is 4.35. The molecule has 0 aliphatic rings. The van der Waals surface area contributed by atoms with Crippen molar-refractivity contribution in [3.8, 4) is 5.69 Å². The highest BCUT2D eigenvalue weighted by molar-refractivity contribution is 6.32. The molecule has 0 spiro atoms. The van der Waals surface area contributed by atoms with Crippen LogP contribution in [0.4, 0.5) is 4.39 Å². The molecule has 1 aromatic carbocycles. The van der Waals surface area contributed by atoms with Gasteiger partial charge >= 0.3 is 5.97 Å². The number of para-hydroxylation sites is 1. The minimum atomic E-state index is -0.953. The predicted molar refractivity (Wildman–Crippen MR) is 69.3 cm³/mol. The van der Waals surface area contributed by atoms with Crippen LogP contribution in [0.3, 0.4) is 0 Å². The van der Waals surface area contributed by atoms with Crippen LogP contribution in [-0.4, -0.2) is 20.9 Å². The van der Waals surface area contributed by atoms with Crippen molar-refractivity contribution < 1.29 is 14.3 Å². The maximum Gasteiger partial charge on any atom is 0.307 e. The van der Waals surface area contributed by atoms with Crippen LogP contribution in [0, 0.1) is 19.7 Å². The van der Waals surface area contributed by atoms with Crippen LogP contribution >= 0.6 is 11.6 Å². The van der Waals surface area contributed by atoms with Crippen molar-refractivity contribution in [3.63, 3.8) is 0 Å². The van der Waals surface area contributed by atoms with E-state index >= 15 is 0 Å². The molecular formula is C13H12ClFN2O2. The zero-order valence-corrected chi connectivity index (χ0v) is 11.2. The summed E-state index contributed by atoms with van der Waals surface area (Å²) in [7, 11) is 0. The lowest BCUT2D eigenvalue weighted by molar-refractivity contribution is -0.136. The molecule has 1 aromatic heterocycles. The van der Waals surface area contributed by atoms with E-state index in [9.17, 15) is 9.18 Å². The summed E-state index contributed by atoms with van der Waals surface area (Å²) < 4.78 is 15.2. The number of aromatic nitrogens is 2. The van der Waals surface area contributed by atoms with E-state index in [2.05, 4.69) is 5.10 Å². The Hall–Kier alpha value is -1.88. The zero-order chi connectivity index (χ0) is 14.2. The van der Waals surface area contributed by atoms with Gasteiger partial charge in [0.15, 0.2) is 0 Å². The summed E-state index contributed by atoms with van der Waals surface area (Å²) in [5, 5.41) is 13.3. The third-order valence-corrected chi connectivity index (χ3v) is 3.22. The number of carboxylic acid groups (broad SMARTS) is 1. The van der Waals surface area contributed by atoms with Gasteiger partial charge in [-0.3, -0.25) is 4.79 Å². The molecule has 0 bridgehead atoms. The summed E-state index contributed by atoms with van der Waals surface area (Å²) in [6.45, 7) is 3.39. The first kappa shape index (κ1) is 13.5. The quantitative estimate of drug-likeness (QED) is 0.942. The van der Waals surface area contributed by atoms with Crippen LogP contribution < -0.4 is 0 Å². The Morgan fingerprint density at radius 3 is 2.74 bits per heavy atom. The van der Waals surface area contributed by atoms with E-state index in [0.29, 0.717) is 17.0 Å². The Morgan fingerprint density at radius 2 is 2.16 bits per heavy atom. The number of aliphatic carboxylic acids is 1. The number of carbonyl (C=O) groups is 1. The third kappa shape index (κ3) is 2.46. The molecule has 2 aromatic rings. The van der Waals surface area contributed by atoms with Gasteiger partial charge in [-0.25, -0.2) is 9.07 Å². The van der Waals surface area contributed by atoms with Gasteiger partial charge in [-0.2, -0.15) is 5.10 Å². The van der Waals surface area contributed by atoms with Gasteiger partial charge in [-0.1, -0.05) is 17.7 Å². The van der Waals surface area contributed by atoms with Crippen LogP contribution in [0.1, 0.15) is 17.0 Å². The molecule has 1 N–H and O–H groups in total. The Labute approximate surface area is 114 Å². The fraction of sp³-hybridized carbons (Fsp3) is 0.231. The molecule has 2 rings (SSSR count). The van der Waals surface area contributed by atoms with Crippen LogP contribution in [-0.2, 0) is 11.2 Å². The largest absolute Gasteiger partial charge is 0.481 e. The van der Waals surface area contributed by atoms with Crippen molar-refractivity contribution in [1.29, 1.82) is 0 Å². The van der Waals surface area contributed by atoms with Crippen LogP contribution in [0.2, 0.25) is 5.02 Å². The number of hydrogen-bond acceptors (Lipinski definition) is 2. The van der Waals surface area contributed by atoms with E-state index in [-0.39, 0.29) is 17.1 Å². The van der Waals surface area contributed by atoms with Crippen molar-refractivity contribution in [2.24, 2.45) is 0 Å². The Kier molecular flexibility index (Phi) is 3.57. The molecule has 100 valence electrons. The monoisotopic (exact) mass is 282 g/mol. The van der Waals surface area contributed by atoms with Crippen molar-refractivity contribution in [2.45, 2.75) is 20.3 Å².